The van der Waals surface area contributed by atoms with Crippen LogP contribution in [0.4, 0.5) is 4.79 Å². The molecule has 1 aromatic heterocycles. The summed E-state index contributed by atoms with van der Waals surface area (Å²) in [4.78, 5) is 16.7. The first-order valence-electron chi connectivity index (χ1n) is 5.68. The van der Waals surface area contributed by atoms with Gasteiger partial charge >= 0.3 is 6.09 Å². The normalized spacial score (nSPS) is 15.1. The van der Waals surface area contributed by atoms with E-state index in [4.69, 9.17) is 9.84 Å². The number of hydrogen-bond donors (Lipinski definition) is 1. The molecule has 1 N–H and O–H groups in total. The molecule has 0 aromatic carbocycles. The number of fused-ring (bicyclic) bond motifs is 1. The molecule has 0 spiro atoms. The predicted molar refractivity (Wildman–Crippen MR) is 62.3 cm³/mol. The summed E-state index contributed by atoms with van der Waals surface area (Å²) in [6, 6.07) is 3.83. The Balaban J connectivity index is 2.29. The highest BCUT2D eigenvalue weighted by atomic mass is 16.5. The molecule has 1 aliphatic rings. The number of pyridine rings is 1. The second-order valence-electron chi connectivity index (χ2n) is 4.41. The van der Waals surface area contributed by atoms with E-state index in [9.17, 15) is 4.79 Å². The molecule has 17 heavy (non-hydrogen) atoms. The maximum atomic E-state index is 10.9. The van der Waals surface area contributed by atoms with E-state index in [-0.39, 0.29) is 0 Å². The lowest BCUT2D eigenvalue weighted by molar-refractivity contribution is 0.137. The summed E-state index contributed by atoms with van der Waals surface area (Å²) in [5.74, 6) is 0.905. The molecule has 0 saturated carbocycles. The van der Waals surface area contributed by atoms with Crippen LogP contribution in [-0.4, -0.2) is 34.2 Å². The molecule has 0 atom stereocenters. The zero-order valence-corrected chi connectivity index (χ0v) is 10.0. The van der Waals surface area contributed by atoms with E-state index >= 15 is 0 Å². The Labute approximate surface area is 100 Å². The molecule has 1 aromatic rings. The molecule has 2 heterocycles. The Hall–Kier alpha value is -1.78. The molecule has 0 saturated heterocycles. The van der Waals surface area contributed by atoms with E-state index in [0.717, 1.165) is 11.3 Å². The summed E-state index contributed by atoms with van der Waals surface area (Å²) in [5.41, 5.74) is 1.79. The maximum absolute atomic E-state index is 10.9. The van der Waals surface area contributed by atoms with E-state index in [2.05, 4.69) is 18.8 Å². The molecule has 2 rings (SSSR count). The van der Waals surface area contributed by atoms with Gasteiger partial charge in [0.05, 0.1) is 13.1 Å². The van der Waals surface area contributed by atoms with Crippen LogP contribution in [0.15, 0.2) is 12.1 Å². The van der Waals surface area contributed by atoms with Gasteiger partial charge in [0.25, 0.3) is 0 Å². The summed E-state index contributed by atoms with van der Waals surface area (Å²) in [6.45, 7) is 5.20. The van der Waals surface area contributed by atoms with E-state index in [0.29, 0.717) is 31.5 Å². The van der Waals surface area contributed by atoms with Gasteiger partial charge in [-0.15, -0.1) is 0 Å². The number of rotatable bonds is 1. The van der Waals surface area contributed by atoms with Crippen molar-refractivity contribution in [1.29, 1.82) is 0 Å². The minimum absolute atomic E-state index is 0.336. The summed E-state index contributed by atoms with van der Waals surface area (Å²) in [5, 5.41) is 8.98. The molecule has 1 aliphatic heterocycles. The van der Waals surface area contributed by atoms with E-state index in [1.807, 2.05) is 12.1 Å². The summed E-state index contributed by atoms with van der Waals surface area (Å²) in [7, 11) is 0. The Bertz CT molecular complexity index is 432. The first kappa shape index (κ1) is 11.7. The van der Waals surface area contributed by atoms with Crippen molar-refractivity contribution in [1.82, 2.24) is 9.88 Å². The van der Waals surface area contributed by atoms with Crippen molar-refractivity contribution in [2.45, 2.75) is 26.3 Å². The quantitative estimate of drug-likeness (QED) is 0.810. The summed E-state index contributed by atoms with van der Waals surface area (Å²) >= 11 is 0. The van der Waals surface area contributed by atoms with Gasteiger partial charge in [0.2, 0.25) is 5.88 Å². The smallest absolute Gasteiger partial charge is 0.407 e. The number of aromatic nitrogens is 1. The summed E-state index contributed by atoms with van der Waals surface area (Å²) < 4.78 is 5.50. The average Bonchev–Trinajstić information content (AvgIpc) is 2.49. The van der Waals surface area contributed by atoms with Gasteiger partial charge in [-0.05, 0) is 12.0 Å². The fourth-order valence-electron chi connectivity index (χ4n) is 1.75. The number of nitrogens with zero attached hydrogens (tertiary/aromatic N) is 2. The lowest BCUT2D eigenvalue weighted by atomic mass is 10.1. The molecule has 0 radical (unpaired) electrons. The maximum Gasteiger partial charge on any atom is 0.407 e. The van der Waals surface area contributed by atoms with Gasteiger partial charge < -0.3 is 14.7 Å². The van der Waals surface area contributed by atoms with Gasteiger partial charge in [0.1, 0.15) is 6.61 Å². The molecule has 0 unspecified atom stereocenters. The molecular formula is C12H16N2O3. The van der Waals surface area contributed by atoms with Gasteiger partial charge in [0.15, 0.2) is 0 Å². The lowest BCUT2D eigenvalue weighted by Gasteiger charge is -2.15. The monoisotopic (exact) mass is 236 g/mol. The van der Waals surface area contributed by atoms with Gasteiger partial charge in [-0.25, -0.2) is 9.78 Å². The Morgan fingerprint density at radius 2 is 2.29 bits per heavy atom. The van der Waals surface area contributed by atoms with Crippen LogP contribution in [0, 0.1) is 0 Å². The van der Waals surface area contributed by atoms with Crippen LogP contribution >= 0.6 is 0 Å². The molecule has 1 amide bonds. The zero-order chi connectivity index (χ0) is 12.4. The van der Waals surface area contributed by atoms with Crippen LogP contribution in [0.3, 0.4) is 0 Å². The minimum Gasteiger partial charge on any atom is -0.476 e. The van der Waals surface area contributed by atoms with Crippen LogP contribution in [0.5, 0.6) is 5.88 Å². The SMILES string of the molecule is CC(C)c1ccc2c(n1)OCCN(C(=O)O)C2. The highest BCUT2D eigenvalue weighted by Crippen LogP contribution is 2.23. The van der Waals surface area contributed by atoms with Crippen molar-refractivity contribution in [2.75, 3.05) is 13.2 Å². The van der Waals surface area contributed by atoms with E-state index in [1.54, 1.807) is 0 Å². The predicted octanol–water partition coefficient (Wildman–Crippen LogP) is 2.08. The molecule has 5 nitrogen and oxygen atoms in total. The third-order valence-corrected chi connectivity index (χ3v) is 2.78. The second kappa shape index (κ2) is 4.61. The Kier molecular flexibility index (Phi) is 3.17. The molecule has 0 bridgehead atoms. The van der Waals surface area contributed by atoms with Crippen molar-refractivity contribution in [3.05, 3.63) is 23.4 Å². The number of carboxylic acid groups (broad SMARTS) is 1. The zero-order valence-electron chi connectivity index (χ0n) is 10.0. The third-order valence-electron chi connectivity index (χ3n) is 2.78. The van der Waals surface area contributed by atoms with E-state index < -0.39 is 6.09 Å². The van der Waals surface area contributed by atoms with Crippen LogP contribution in [0.1, 0.15) is 31.0 Å². The van der Waals surface area contributed by atoms with Crippen molar-refractivity contribution in [2.24, 2.45) is 0 Å². The highest BCUT2D eigenvalue weighted by Gasteiger charge is 2.20. The van der Waals surface area contributed by atoms with E-state index in [1.165, 1.54) is 4.90 Å². The van der Waals surface area contributed by atoms with Crippen LogP contribution in [0.2, 0.25) is 0 Å². The molecule has 0 fully saturated rings. The highest BCUT2D eigenvalue weighted by molar-refractivity contribution is 5.65. The van der Waals surface area contributed by atoms with Crippen molar-refractivity contribution < 1.29 is 14.6 Å². The standard InChI is InChI=1S/C12H16N2O3/c1-8(2)10-4-3-9-7-14(12(15)16)5-6-17-11(9)13-10/h3-4,8H,5-7H2,1-2H3,(H,15,16). The van der Waals surface area contributed by atoms with Gasteiger partial charge in [-0.3, -0.25) is 0 Å². The fourth-order valence-corrected chi connectivity index (χ4v) is 1.75. The average molecular weight is 236 g/mol. The second-order valence-corrected chi connectivity index (χ2v) is 4.41. The van der Waals surface area contributed by atoms with Gasteiger partial charge in [-0.2, -0.15) is 0 Å². The molecular weight excluding hydrogens is 220 g/mol. The van der Waals surface area contributed by atoms with Crippen LogP contribution in [0.25, 0.3) is 0 Å². The number of ether oxygens (including phenoxy) is 1. The van der Waals surface area contributed by atoms with Crippen molar-refractivity contribution in [3.8, 4) is 5.88 Å². The van der Waals surface area contributed by atoms with Crippen molar-refractivity contribution >= 4 is 6.09 Å². The fraction of sp³-hybridized carbons (Fsp3) is 0.500. The topological polar surface area (TPSA) is 62.7 Å². The molecule has 92 valence electrons. The molecule has 0 aliphatic carbocycles. The van der Waals surface area contributed by atoms with Crippen molar-refractivity contribution in [3.63, 3.8) is 0 Å². The third kappa shape index (κ3) is 2.49. The minimum atomic E-state index is -0.922. The summed E-state index contributed by atoms with van der Waals surface area (Å²) in [6.07, 6.45) is -0.922. The molecule has 5 heteroatoms. The van der Waals surface area contributed by atoms with Crippen LogP contribution < -0.4 is 4.74 Å². The number of amides is 1. The Morgan fingerprint density at radius 3 is 2.94 bits per heavy atom. The number of carbonyl (C=O) groups is 1. The van der Waals surface area contributed by atoms with Gasteiger partial charge in [0, 0.05) is 11.3 Å². The Morgan fingerprint density at radius 1 is 1.53 bits per heavy atom. The largest absolute Gasteiger partial charge is 0.476 e. The number of hydrogen-bond acceptors (Lipinski definition) is 3. The van der Waals surface area contributed by atoms with Gasteiger partial charge in [-0.1, -0.05) is 19.9 Å². The lowest BCUT2D eigenvalue weighted by Crippen LogP contribution is -2.30. The first-order chi connectivity index (χ1) is 8.08. The van der Waals surface area contributed by atoms with Crippen LogP contribution in [-0.2, 0) is 6.54 Å². The first-order valence-corrected chi connectivity index (χ1v) is 5.68.